The first-order valence-electron chi connectivity index (χ1n) is 5.82. The standard InChI is InChI=1S/C16H13NO2/c1-2-12-5-3-7-14(9-12)15-8-4-6-13(10-15)11-17-16(18)19/h1,3-10,17H,11H2,(H,18,19). The van der Waals surface area contributed by atoms with Crippen molar-refractivity contribution in [1.82, 2.24) is 5.32 Å². The molecule has 1 amide bonds. The van der Waals surface area contributed by atoms with Crippen molar-refractivity contribution in [1.29, 1.82) is 0 Å². The molecule has 2 aromatic carbocycles. The van der Waals surface area contributed by atoms with E-state index < -0.39 is 6.09 Å². The van der Waals surface area contributed by atoms with E-state index in [1.165, 1.54) is 0 Å². The molecule has 0 aliphatic rings. The molecule has 2 aromatic rings. The van der Waals surface area contributed by atoms with E-state index in [4.69, 9.17) is 11.5 Å². The Hall–Kier alpha value is -2.73. The first kappa shape index (κ1) is 12.7. The van der Waals surface area contributed by atoms with Crippen molar-refractivity contribution < 1.29 is 9.90 Å². The Labute approximate surface area is 111 Å². The summed E-state index contributed by atoms with van der Waals surface area (Å²) in [5.74, 6) is 2.60. The van der Waals surface area contributed by atoms with Gasteiger partial charge in [-0.25, -0.2) is 4.79 Å². The average molecular weight is 251 g/mol. The fourth-order valence-corrected chi connectivity index (χ4v) is 1.83. The van der Waals surface area contributed by atoms with Gasteiger partial charge in [-0.3, -0.25) is 0 Å². The fraction of sp³-hybridized carbons (Fsp3) is 0.0625. The lowest BCUT2D eigenvalue weighted by molar-refractivity contribution is 0.194. The molecule has 0 saturated heterocycles. The molecule has 0 radical (unpaired) electrons. The first-order valence-corrected chi connectivity index (χ1v) is 5.82. The van der Waals surface area contributed by atoms with Crippen LogP contribution in [0.25, 0.3) is 11.1 Å². The molecule has 2 N–H and O–H groups in total. The minimum absolute atomic E-state index is 0.290. The van der Waals surface area contributed by atoms with E-state index in [-0.39, 0.29) is 6.54 Å². The van der Waals surface area contributed by atoms with Crippen molar-refractivity contribution in [3.63, 3.8) is 0 Å². The molecular formula is C16H13NO2. The predicted molar refractivity (Wildman–Crippen MR) is 74.7 cm³/mol. The van der Waals surface area contributed by atoms with Gasteiger partial charge in [-0.15, -0.1) is 6.42 Å². The molecule has 0 heterocycles. The summed E-state index contributed by atoms with van der Waals surface area (Å²) in [4.78, 5) is 10.5. The number of nitrogens with one attached hydrogen (secondary N) is 1. The average Bonchev–Trinajstić information content (AvgIpc) is 2.45. The number of rotatable bonds is 3. The number of amides is 1. The van der Waals surface area contributed by atoms with E-state index >= 15 is 0 Å². The summed E-state index contributed by atoms with van der Waals surface area (Å²) >= 11 is 0. The zero-order chi connectivity index (χ0) is 13.7. The van der Waals surface area contributed by atoms with E-state index in [1.807, 2.05) is 48.5 Å². The van der Waals surface area contributed by atoms with Crippen molar-refractivity contribution in [2.75, 3.05) is 0 Å². The van der Waals surface area contributed by atoms with Crippen LogP contribution in [-0.2, 0) is 6.54 Å². The minimum Gasteiger partial charge on any atom is -0.465 e. The summed E-state index contributed by atoms with van der Waals surface area (Å²) in [7, 11) is 0. The highest BCUT2D eigenvalue weighted by Crippen LogP contribution is 2.21. The van der Waals surface area contributed by atoms with Gasteiger partial charge >= 0.3 is 6.09 Å². The van der Waals surface area contributed by atoms with Crippen LogP contribution in [0.4, 0.5) is 4.79 Å². The van der Waals surface area contributed by atoms with Crippen LogP contribution in [0.1, 0.15) is 11.1 Å². The Bertz CT molecular complexity index is 641. The summed E-state index contributed by atoms with van der Waals surface area (Å²) in [5, 5.41) is 10.9. The monoisotopic (exact) mass is 251 g/mol. The summed E-state index contributed by atoms with van der Waals surface area (Å²) in [5.41, 5.74) is 3.77. The third-order valence-corrected chi connectivity index (χ3v) is 2.73. The molecule has 0 aliphatic carbocycles. The lowest BCUT2D eigenvalue weighted by Crippen LogP contribution is -2.19. The maximum atomic E-state index is 10.5. The van der Waals surface area contributed by atoms with E-state index in [9.17, 15) is 4.79 Å². The highest BCUT2D eigenvalue weighted by atomic mass is 16.4. The van der Waals surface area contributed by atoms with Gasteiger partial charge in [0.15, 0.2) is 0 Å². The van der Waals surface area contributed by atoms with Gasteiger partial charge in [0.05, 0.1) is 0 Å². The Kier molecular flexibility index (Phi) is 3.84. The van der Waals surface area contributed by atoms with Gasteiger partial charge in [-0.1, -0.05) is 36.3 Å². The van der Waals surface area contributed by atoms with Crippen molar-refractivity contribution in [2.24, 2.45) is 0 Å². The molecule has 3 heteroatoms. The normalized spacial score (nSPS) is 9.63. The second kappa shape index (κ2) is 5.74. The van der Waals surface area contributed by atoms with Crippen LogP contribution in [0.15, 0.2) is 48.5 Å². The van der Waals surface area contributed by atoms with E-state index in [0.29, 0.717) is 0 Å². The van der Waals surface area contributed by atoms with Crippen molar-refractivity contribution in [3.8, 4) is 23.5 Å². The summed E-state index contributed by atoms with van der Waals surface area (Å²) < 4.78 is 0. The quantitative estimate of drug-likeness (QED) is 0.823. The highest BCUT2D eigenvalue weighted by Gasteiger charge is 2.01. The second-order valence-electron chi connectivity index (χ2n) is 4.08. The van der Waals surface area contributed by atoms with E-state index in [2.05, 4.69) is 11.2 Å². The van der Waals surface area contributed by atoms with Crippen LogP contribution >= 0.6 is 0 Å². The Balaban J connectivity index is 2.27. The van der Waals surface area contributed by atoms with E-state index in [1.54, 1.807) is 0 Å². The van der Waals surface area contributed by atoms with Crippen LogP contribution in [-0.4, -0.2) is 11.2 Å². The van der Waals surface area contributed by atoms with Gasteiger partial charge in [0, 0.05) is 12.1 Å². The van der Waals surface area contributed by atoms with Crippen LogP contribution in [0, 0.1) is 12.3 Å². The molecule has 0 aliphatic heterocycles. The fourth-order valence-electron chi connectivity index (χ4n) is 1.83. The van der Waals surface area contributed by atoms with Gasteiger partial charge in [-0.2, -0.15) is 0 Å². The zero-order valence-electron chi connectivity index (χ0n) is 10.3. The van der Waals surface area contributed by atoms with Gasteiger partial charge in [-0.05, 0) is 34.9 Å². The van der Waals surface area contributed by atoms with Crippen molar-refractivity contribution in [3.05, 3.63) is 59.7 Å². The number of benzene rings is 2. The highest BCUT2D eigenvalue weighted by molar-refractivity contribution is 5.67. The first-order chi connectivity index (χ1) is 9.19. The summed E-state index contributed by atoms with van der Waals surface area (Å²) in [6, 6.07) is 15.4. The molecule has 19 heavy (non-hydrogen) atoms. The van der Waals surface area contributed by atoms with Crippen molar-refractivity contribution >= 4 is 6.09 Å². The Morgan fingerprint density at radius 1 is 1.16 bits per heavy atom. The van der Waals surface area contributed by atoms with Crippen LogP contribution in [0.2, 0.25) is 0 Å². The molecule has 0 saturated carbocycles. The topological polar surface area (TPSA) is 49.3 Å². The maximum Gasteiger partial charge on any atom is 0.404 e. The van der Waals surface area contributed by atoms with Gasteiger partial charge in [0.1, 0.15) is 0 Å². The molecule has 0 aromatic heterocycles. The number of carbonyl (C=O) groups is 1. The Morgan fingerprint density at radius 2 is 1.84 bits per heavy atom. The lowest BCUT2D eigenvalue weighted by atomic mass is 10.0. The summed E-state index contributed by atoms with van der Waals surface area (Å²) in [6.45, 7) is 0.290. The third kappa shape index (κ3) is 3.36. The predicted octanol–water partition coefficient (Wildman–Crippen LogP) is 3.10. The number of terminal acetylenes is 1. The molecule has 0 bridgehead atoms. The van der Waals surface area contributed by atoms with Crippen molar-refractivity contribution in [2.45, 2.75) is 6.54 Å². The minimum atomic E-state index is -1.03. The molecule has 2 rings (SSSR count). The van der Waals surface area contributed by atoms with E-state index in [0.717, 1.165) is 22.3 Å². The zero-order valence-corrected chi connectivity index (χ0v) is 10.3. The van der Waals surface area contributed by atoms with Crippen LogP contribution < -0.4 is 5.32 Å². The molecular weight excluding hydrogens is 238 g/mol. The molecule has 0 atom stereocenters. The maximum absolute atomic E-state index is 10.5. The largest absolute Gasteiger partial charge is 0.465 e. The number of carboxylic acid groups (broad SMARTS) is 1. The summed E-state index contributed by atoms with van der Waals surface area (Å²) in [6.07, 6.45) is 4.35. The second-order valence-corrected chi connectivity index (χ2v) is 4.08. The number of hydrogen-bond acceptors (Lipinski definition) is 1. The Morgan fingerprint density at radius 3 is 2.53 bits per heavy atom. The SMILES string of the molecule is C#Cc1cccc(-c2cccc(CNC(=O)O)c2)c1. The molecule has 0 spiro atoms. The van der Waals surface area contributed by atoms with Crippen LogP contribution in [0.3, 0.4) is 0 Å². The number of hydrogen-bond donors (Lipinski definition) is 2. The van der Waals surface area contributed by atoms with Crippen LogP contribution in [0.5, 0.6) is 0 Å². The van der Waals surface area contributed by atoms with Gasteiger partial charge < -0.3 is 10.4 Å². The van der Waals surface area contributed by atoms with Gasteiger partial charge in [0.25, 0.3) is 0 Å². The molecule has 94 valence electrons. The lowest BCUT2D eigenvalue weighted by Gasteiger charge is -2.06. The third-order valence-electron chi connectivity index (χ3n) is 2.73. The smallest absolute Gasteiger partial charge is 0.404 e. The molecule has 0 unspecified atom stereocenters. The molecule has 0 fully saturated rings. The molecule has 3 nitrogen and oxygen atoms in total. The van der Waals surface area contributed by atoms with Gasteiger partial charge in [0.2, 0.25) is 0 Å².